The minimum absolute atomic E-state index is 0.00567. The Morgan fingerprint density at radius 2 is 1.91 bits per heavy atom. The average Bonchev–Trinajstić information content (AvgIpc) is 2.97. The van der Waals surface area contributed by atoms with Crippen LogP contribution in [0.4, 0.5) is 0 Å². The number of nitrogens with two attached hydrogens (primary N) is 1. The van der Waals surface area contributed by atoms with E-state index in [2.05, 4.69) is 27.9 Å². The van der Waals surface area contributed by atoms with Crippen LogP contribution in [0.5, 0.6) is 0 Å². The van der Waals surface area contributed by atoms with Gasteiger partial charge in [-0.3, -0.25) is 19.1 Å². The van der Waals surface area contributed by atoms with Crippen LogP contribution in [0.2, 0.25) is 0 Å². The van der Waals surface area contributed by atoms with Crippen molar-refractivity contribution in [3.8, 4) is 0 Å². The lowest BCUT2D eigenvalue weighted by molar-refractivity contribution is -0.125. The van der Waals surface area contributed by atoms with Crippen LogP contribution in [-0.4, -0.2) is 39.3 Å². The van der Waals surface area contributed by atoms with Crippen molar-refractivity contribution in [3.63, 3.8) is 0 Å². The van der Waals surface area contributed by atoms with Crippen LogP contribution in [0.3, 0.4) is 0 Å². The number of hydrogen-bond donors (Lipinski definition) is 3. The molecular formula is C14H24N6O3. The third-order valence-electron chi connectivity index (χ3n) is 3.07. The molecule has 1 heterocycles. The lowest BCUT2D eigenvalue weighted by Crippen LogP contribution is -2.31. The number of aryl methyl sites for hydroxylation is 1. The molecule has 0 unspecified atom stereocenters. The molecule has 0 aliphatic carbocycles. The van der Waals surface area contributed by atoms with Gasteiger partial charge in [0.05, 0.1) is 12.7 Å². The third kappa shape index (κ3) is 8.54. The van der Waals surface area contributed by atoms with E-state index in [9.17, 15) is 14.4 Å². The van der Waals surface area contributed by atoms with Gasteiger partial charge in [0.15, 0.2) is 0 Å². The van der Waals surface area contributed by atoms with Crippen LogP contribution in [0, 0.1) is 0 Å². The second-order valence-corrected chi connectivity index (χ2v) is 5.17. The molecule has 23 heavy (non-hydrogen) atoms. The fourth-order valence-electron chi connectivity index (χ4n) is 1.77. The summed E-state index contributed by atoms with van der Waals surface area (Å²) in [7, 11) is 0. The predicted octanol–water partition coefficient (Wildman–Crippen LogP) is -0.534. The van der Waals surface area contributed by atoms with E-state index in [-0.39, 0.29) is 37.6 Å². The zero-order chi connectivity index (χ0) is 17.1. The summed E-state index contributed by atoms with van der Waals surface area (Å²) in [5.41, 5.74) is 5.64. The fourth-order valence-corrected chi connectivity index (χ4v) is 1.77. The van der Waals surface area contributed by atoms with Gasteiger partial charge in [-0.05, 0) is 6.42 Å². The van der Waals surface area contributed by atoms with Gasteiger partial charge in [0.1, 0.15) is 5.69 Å². The molecule has 1 aromatic rings. The van der Waals surface area contributed by atoms with Gasteiger partial charge in [0.2, 0.25) is 17.7 Å². The average molecular weight is 324 g/mol. The van der Waals surface area contributed by atoms with Gasteiger partial charge < -0.3 is 16.4 Å². The van der Waals surface area contributed by atoms with Gasteiger partial charge in [0.25, 0.3) is 0 Å². The number of aromatic nitrogens is 3. The van der Waals surface area contributed by atoms with Gasteiger partial charge in [-0.15, -0.1) is 5.10 Å². The van der Waals surface area contributed by atoms with Gasteiger partial charge in [-0.2, -0.15) is 0 Å². The first-order valence-corrected chi connectivity index (χ1v) is 7.72. The number of primary amides is 1. The summed E-state index contributed by atoms with van der Waals surface area (Å²) in [6.07, 6.45) is 4.12. The van der Waals surface area contributed by atoms with E-state index in [1.54, 1.807) is 4.68 Å². The molecule has 0 spiro atoms. The summed E-state index contributed by atoms with van der Waals surface area (Å²) in [5.74, 6) is -1.01. The Hall–Kier alpha value is -2.45. The molecule has 4 N–H and O–H groups in total. The summed E-state index contributed by atoms with van der Waals surface area (Å²) < 4.78 is 1.75. The Kier molecular flexibility index (Phi) is 8.33. The minimum atomic E-state index is -0.523. The van der Waals surface area contributed by atoms with Crippen molar-refractivity contribution in [2.75, 3.05) is 6.54 Å². The number of carbonyl (C=O) groups is 3. The number of nitrogens with zero attached hydrogens (tertiary/aromatic N) is 3. The van der Waals surface area contributed by atoms with E-state index in [1.165, 1.54) is 0 Å². The highest BCUT2D eigenvalue weighted by Gasteiger charge is 2.07. The first-order chi connectivity index (χ1) is 11.0. The van der Waals surface area contributed by atoms with Crippen LogP contribution in [0.1, 0.15) is 44.7 Å². The standard InChI is InChI=1S/C14H24N6O3/c1-2-3-8-20-10-11(18-19-20)9-17-14(23)6-7-16-13(22)5-4-12(15)21/h10H,2-9H2,1H3,(H2,15,21)(H,16,22)(H,17,23). The van der Waals surface area contributed by atoms with E-state index < -0.39 is 5.91 Å². The van der Waals surface area contributed by atoms with Crippen molar-refractivity contribution in [1.82, 2.24) is 25.6 Å². The summed E-state index contributed by atoms with van der Waals surface area (Å²) in [6.45, 7) is 3.44. The number of amides is 3. The van der Waals surface area contributed by atoms with Crippen molar-refractivity contribution in [1.29, 1.82) is 0 Å². The monoisotopic (exact) mass is 324 g/mol. The largest absolute Gasteiger partial charge is 0.370 e. The molecule has 1 aromatic heterocycles. The summed E-state index contributed by atoms with van der Waals surface area (Å²) in [4.78, 5) is 33.5. The minimum Gasteiger partial charge on any atom is -0.370 e. The summed E-state index contributed by atoms with van der Waals surface area (Å²) in [6, 6.07) is 0. The molecule has 0 aliphatic heterocycles. The lowest BCUT2D eigenvalue weighted by atomic mass is 10.3. The number of nitrogens with one attached hydrogen (secondary N) is 2. The van der Waals surface area contributed by atoms with Gasteiger partial charge in [0, 0.05) is 32.4 Å². The fraction of sp³-hybridized carbons (Fsp3) is 0.643. The van der Waals surface area contributed by atoms with Crippen molar-refractivity contribution < 1.29 is 14.4 Å². The molecular weight excluding hydrogens is 300 g/mol. The van der Waals surface area contributed by atoms with Crippen molar-refractivity contribution in [3.05, 3.63) is 11.9 Å². The molecule has 3 amide bonds. The maximum atomic E-state index is 11.7. The van der Waals surface area contributed by atoms with Gasteiger partial charge >= 0.3 is 0 Å². The number of rotatable bonds is 11. The highest BCUT2D eigenvalue weighted by molar-refractivity contribution is 5.83. The van der Waals surface area contributed by atoms with Crippen LogP contribution in [0.15, 0.2) is 6.20 Å². The summed E-state index contributed by atoms with van der Waals surface area (Å²) >= 11 is 0. The molecule has 1 rings (SSSR count). The molecule has 0 aliphatic rings. The van der Waals surface area contributed by atoms with Gasteiger partial charge in [-0.1, -0.05) is 18.6 Å². The smallest absolute Gasteiger partial charge is 0.222 e. The molecule has 128 valence electrons. The molecule has 0 saturated carbocycles. The predicted molar refractivity (Wildman–Crippen MR) is 82.8 cm³/mol. The first-order valence-electron chi connectivity index (χ1n) is 7.72. The molecule has 0 fully saturated rings. The topological polar surface area (TPSA) is 132 Å². The van der Waals surface area contributed by atoms with E-state index in [0.29, 0.717) is 12.2 Å². The third-order valence-corrected chi connectivity index (χ3v) is 3.07. The Morgan fingerprint density at radius 3 is 2.61 bits per heavy atom. The molecule has 0 atom stereocenters. The zero-order valence-corrected chi connectivity index (χ0v) is 13.4. The molecule has 0 radical (unpaired) electrons. The van der Waals surface area contributed by atoms with Gasteiger partial charge in [-0.25, -0.2) is 0 Å². The Bertz CT molecular complexity index is 528. The lowest BCUT2D eigenvalue weighted by Gasteiger charge is -2.05. The second kappa shape index (κ2) is 10.3. The Labute approximate surface area is 135 Å². The zero-order valence-electron chi connectivity index (χ0n) is 13.4. The maximum Gasteiger partial charge on any atom is 0.222 e. The first kappa shape index (κ1) is 18.6. The van der Waals surface area contributed by atoms with Crippen molar-refractivity contribution in [2.24, 2.45) is 5.73 Å². The van der Waals surface area contributed by atoms with Crippen LogP contribution >= 0.6 is 0 Å². The van der Waals surface area contributed by atoms with E-state index in [1.807, 2.05) is 6.20 Å². The van der Waals surface area contributed by atoms with Crippen LogP contribution in [-0.2, 0) is 27.5 Å². The van der Waals surface area contributed by atoms with E-state index in [4.69, 9.17) is 5.73 Å². The quantitative estimate of drug-likeness (QED) is 0.503. The number of carbonyl (C=O) groups excluding carboxylic acids is 3. The molecule has 0 bridgehead atoms. The maximum absolute atomic E-state index is 11.7. The second-order valence-electron chi connectivity index (χ2n) is 5.17. The number of unbranched alkanes of at least 4 members (excludes halogenated alkanes) is 1. The highest BCUT2D eigenvalue weighted by atomic mass is 16.2. The SMILES string of the molecule is CCCCn1cc(CNC(=O)CCNC(=O)CCC(N)=O)nn1. The van der Waals surface area contributed by atoms with Crippen molar-refractivity contribution >= 4 is 17.7 Å². The normalized spacial score (nSPS) is 10.3. The number of hydrogen-bond acceptors (Lipinski definition) is 5. The van der Waals surface area contributed by atoms with Crippen molar-refractivity contribution in [2.45, 2.75) is 52.1 Å². The van der Waals surface area contributed by atoms with E-state index in [0.717, 1.165) is 19.4 Å². The van der Waals surface area contributed by atoms with Crippen LogP contribution < -0.4 is 16.4 Å². The molecule has 0 saturated heterocycles. The Morgan fingerprint density at radius 1 is 1.17 bits per heavy atom. The molecule has 0 aromatic carbocycles. The Balaban J connectivity index is 2.15. The molecule has 9 heteroatoms. The highest BCUT2D eigenvalue weighted by Crippen LogP contribution is 1.96. The van der Waals surface area contributed by atoms with E-state index >= 15 is 0 Å². The summed E-state index contributed by atoms with van der Waals surface area (Å²) in [5, 5.41) is 13.2. The molecule has 9 nitrogen and oxygen atoms in total. The van der Waals surface area contributed by atoms with Crippen LogP contribution in [0.25, 0.3) is 0 Å².